The molecule has 0 aromatic heterocycles. The van der Waals surface area contributed by atoms with Gasteiger partial charge in [-0.15, -0.1) is 0 Å². The summed E-state index contributed by atoms with van der Waals surface area (Å²) in [5, 5.41) is 6.63. The SMILES string of the molecule is CC1CCNC1C(=O)NC1CC(C)(C)CC(C)(C)C1. The second-order valence-electron chi connectivity index (χ2n) is 8.32. The summed E-state index contributed by atoms with van der Waals surface area (Å²) in [5.41, 5.74) is 0.656. The van der Waals surface area contributed by atoms with Gasteiger partial charge in [-0.1, -0.05) is 34.6 Å². The number of hydrogen-bond acceptors (Lipinski definition) is 2. The van der Waals surface area contributed by atoms with Crippen LogP contribution in [0.1, 0.15) is 60.3 Å². The van der Waals surface area contributed by atoms with Crippen molar-refractivity contribution >= 4 is 5.91 Å². The van der Waals surface area contributed by atoms with Crippen molar-refractivity contribution in [3.05, 3.63) is 0 Å². The third-order valence-corrected chi connectivity index (χ3v) is 4.72. The summed E-state index contributed by atoms with van der Waals surface area (Å²) in [6.07, 6.45) is 4.55. The van der Waals surface area contributed by atoms with E-state index in [0.29, 0.717) is 22.8 Å². The normalized spacial score (nSPS) is 34.2. The predicted molar refractivity (Wildman–Crippen MR) is 78.9 cm³/mol. The van der Waals surface area contributed by atoms with Crippen LogP contribution in [-0.4, -0.2) is 24.5 Å². The van der Waals surface area contributed by atoms with Gasteiger partial charge >= 0.3 is 0 Å². The average molecular weight is 266 g/mol. The molecule has 1 aliphatic carbocycles. The van der Waals surface area contributed by atoms with E-state index in [1.807, 2.05) is 0 Å². The van der Waals surface area contributed by atoms with Crippen LogP contribution < -0.4 is 10.6 Å². The van der Waals surface area contributed by atoms with Crippen LogP contribution in [0.3, 0.4) is 0 Å². The summed E-state index contributed by atoms with van der Waals surface area (Å²) in [5.74, 6) is 0.674. The highest BCUT2D eigenvalue weighted by molar-refractivity contribution is 5.82. The Kier molecular flexibility index (Phi) is 3.97. The molecule has 3 heteroatoms. The van der Waals surface area contributed by atoms with Crippen LogP contribution in [0, 0.1) is 16.7 Å². The Morgan fingerprint density at radius 3 is 2.21 bits per heavy atom. The van der Waals surface area contributed by atoms with Gasteiger partial charge in [-0.2, -0.15) is 0 Å². The minimum Gasteiger partial charge on any atom is -0.352 e. The van der Waals surface area contributed by atoms with Crippen LogP contribution in [0.4, 0.5) is 0 Å². The Labute approximate surface area is 117 Å². The van der Waals surface area contributed by atoms with Crippen LogP contribution in [0.15, 0.2) is 0 Å². The van der Waals surface area contributed by atoms with E-state index in [0.717, 1.165) is 25.8 Å². The van der Waals surface area contributed by atoms with Crippen LogP contribution in [0.2, 0.25) is 0 Å². The molecule has 2 N–H and O–H groups in total. The molecule has 2 rings (SSSR count). The second-order valence-corrected chi connectivity index (χ2v) is 8.32. The molecule has 0 aromatic rings. The number of carbonyl (C=O) groups is 1. The lowest BCUT2D eigenvalue weighted by atomic mass is 9.63. The quantitative estimate of drug-likeness (QED) is 0.807. The van der Waals surface area contributed by atoms with Gasteiger partial charge in [-0.25, -0.2) is 0 Å². The topological polar surface area (TPSA) is 41.1 Å². The molecule has 2 fully saturated rings. The standard InChI is InChI=1S/C16H30N2O/c1-11-6-7-17-13(11)14(19)18-12-8-15(2,3)10-16(4,5)9-12/h11-13,17H,6-10H2,1-5H3,(H,18,19). The molecule has 1 saturated carbocycles. The fourth-order valence-corrected chi connectivity index (χ4v) is 4.42. The molecule has 2 aliphatic rings. The van der Waals surface area contributed by atoms with E-state index >= 15 is 0 Å². The van der Waals surface area contributed by atoms with Gasteiger partial charge in [0.2, 0.25) is 5.91 Å². The summed E-state index contributed by atoms with van der Waals surface area (Å²) >= 11 is 0. The lowest BCUT2D eigenvalue weighted by molar-refractivity contribution is -0.125. The summed E-state index contributed by atoms with van der Waals surface area (Å²) in [7, 11) is 0. The summed E-state index contributed by atoms with van der Waals surface area (Å²) < 4.78 is 0. The monoisotopic (exact) mass is 266 g/mol. The van der Waals surface area contributed by atoms with Gasteiger partial charge in [-0.3, -0.25) is 4.79 Å². The molecule has 0 bridgehead atoms. The van der Waals surface area contributed by atoms with Crippen LogP contribution in [-0.2, 0) is 4.79 Å². The lowest BCUT2D eigenvalue weighted by Gasteiger charge is -2.45. The third kappa shape index (κ3) is 3.71. The van der Waals surface area contributed by atoms with Crippen molar-refractivity contribution in [1.82, 2.24) is 10.6 Å². The number of nitrogens with one attached hydrogen (secondary N) is 2. The van der Waals surface area contributed by atoms with Crippen molar-refractivity contribution in [1.29, 1.82) is 0 Å². The molecule has 2 atom stereocenters. The summed E-state index contributed by atoms with van der Waals surface area (Å²) in [4.78, 5) is 12.4. The molecule has 1 heterocycles. The first-order valence-corrected chi connectivity index (χ1v) is 7.72. The molecular weight excluding hydrogens is 236 g/mol. The third-order valence-electron chi connectivity index (χ3n) is 4.72. The van der Waals surface area contributed by atoms with Crippen molar-refractivity contribution in [3.8, 4) is 0 Å². The Balaban J connectivity index is 1.96. The van der Waals surface area contributed by atoms with E-state index in [2.05, 4.69) is 45.3 Å². The fraction of sp³-hybridized carbons (Fsp3) is 0.938. The van der Waals surface area contributed by atoms with E-state index < -0.39 is 0 Å². The highest BCUT2D eigenvalue weighted by Gasteiger charge is 2.40. The van der Waals surface area contributed by atoms with E-state index in [9.17, 15) is 4.79 Å². The zero-order valence-electron chi connectivity index (χ0n) is 13.2. The molecule has 2 unspecified atom stereocenters. The Hall–Kier alpha value is -0.570. The van der Waals surface area contributed by atoms with Gasteiger partial charge in [0, 0.05) is 6.04 Å². The van der Waals surface area contributed by atoms with Crippen molar-refractivity contribution < 1.29 is 4.79 Å². The van der Waals surface area contributed by atoms with Crippen molar-refractivity contribution in [2.75, 3.05) is 6.54 Å². The maximum Gasteiger partial charge on any atom is 0.237 e. The highest BCUT2D eigenvalue weighted by atomic mass is 16.2. The van der Waals surface area contributed by atoms with Gasteiger partial charge in [0.1, 0.15) is 0 Å². The van der Waals surface area contributed by atoms with Crippen LogP contribution in [0.25, 0.3) is 0 Å². The maximum absolute atomic E-state index is 12.4. The Morgan fingerprint density at radius 1 is 1.16 bits per heavy atom. The summed E-state index contributed by atoms with van der Waals surface area (Å²) in [6.45, 7) is 12.4. The van der Waals surface area contributed by atoms with Gasteiger partial charge in [-0.05, 0) is 49.0 Å². The second kappa shape index (κ2) is 5.08. The zero-order valence-corrected chi connectivity index (χ0v) is 13.2. The number of rotatable bonds is 2. The van der Waals surface area contributed by atoms with E-state index in [-0.39, 0.29) is 11.9 Å². The maximum atomic E-state index is 12.4. The van der Waals surface area contributed by atoms with E-state index in [4.69, 9.17) is 0 Å². The van der Waals surface area contributed by atoms with E-state index in [1.165, 1.54) is 6.42 Å². The largest absolute Gasteiger partial charge is 0.352 e. The molecular formula is C16H30N2O. The summed E-state index contributed by atoms with van der Waals surface area (Å²) in [6, 6.07) is 0.356. The number of carbonyl (C=O) groups excluding carboxylic acids is 1. The highest BCUT2D eigenvalue weighted by Crippen LogP contribution is 2.45. The van der Waals surface area contributed by atoms with Crippen molar-refractivity contribution in [2.24, 2.45) is 16.7 Å². The molecule has 0 aromatic carbocycles. The zero-order chi connectivity index (χ0) is 14.3. The number of amides is 1. The fourth-order valence-electron chi connectivity index (χ4n) is 4.42. The number of hydrogen-bond donors (Lipinski definition) is 2. The minimum atomic E-state index is 0.0214. The minimum absolute atomic E-state index is 0.0214. The first kappa shape index (κ1) is 14.8. The van der Waals surface area contributed by atoms with Gasteiger partial charge in [0.15, 0.2) is 0 Å². The molecule has 110 valence electrons. The molecule has 3 nitrogen and oxygen atoms in total. The van der Waals surface area contributed by atoms with Crippen LogP contribution >= 0.6 is 0 Å². The van der Waals surface area contributed by atoms with Gasteiger partial charge in [0.25, 0.3) is 0 Å². The van der Waals surface area contributed by atoms with Gasteiger partial charge < -0.3 is 10.6 Å². The smallest absolute Gasteiger partial charge is 0.237 e. The first-order valence-electron chi connectivity index (χ1n) is 7.72. The van der Waals surface area contributed by atoms with E-state index in [1.54, 1.807) is 0 Å². The molecule has 19 heavy (non-hydrogen) atoms. The van der Waals surface area contributed by atoms with Crippen LogP contribution in [0.5, 0.6) is 0 Å². The Bertz CT molecular complexity index is 333. The van der Waals surface area contributed by atoms with Gasteiger partial charge in [0.05, 0.1) is 6.04 Å². The molecule has 1 saturated heterocycles. The Morgan fingerprint density at radius 2 is 1.74 bits per heavy atom. The molecule has 0 radical (unpaired) electrons. The predicted octanol–water partition coefficient (Wildman–Crippen LogP) is 2.71. The van der Waals surface area contributed by atoms with Crippen molar-refractivity contribution in [3.63, 3.8) is 0 Å². The molecule has 1 aliphatic heterocycles. The average Bonchev–Trinajstić information content (AvgIpc) is 2.58. The van der Waals surface area contributed by atoms with Crippen molar-refractivity contribution in [2.45, 2.75) is 72.4 Å². The first-order chi connectivity index (χ1) is 8.69. The molecule has 0 spiro atoms. The molecule has 1 amide bonds. The lowest BCUT2D eigenvalue weighted by Crippen LogP contribution is -2.51.